The van der Waals surface area contributed by atoms with Crippen molar-refractivity contribution in [1.82, 2.24) is 9.97 Å². The van der Waals surface area contributed by atoms with Crippen LogP contribution >= 0.6 is 0 Å². The highest BCUT2D eigenvalue weighted by molar-refractivity contribution is 5.94. The van der Waals surface area contributed by atoms with E-state index in [0.29, 0.717) is 30.2 Å². The molecule has 4 rings (SSSR count). The molecule has 1 fully saturated rings. The molecule has 1 aliphatic heterocycles. The smallest absolute Gasteiger partial charge is 0.158 e. The standard InChI is InChI=1S/C19H21N3O3/c1-24-15-3-2-14(12-4-8-25-9-5-12)17-18(15)22-13(11-21-17)10-16(23)19(20)6-7-19/h2-4,11H,5-10,20H2,1H3. The summed E-state index contributed by atoms with van der Waals surface area (Å²) in [6.45, 7) is 1.32. The molecule has 0 spiro atoms. The van der Waals surface area contributed by atoms with Crippen LogP contribution in [0.1, 0.15) is 30.5 Å². The normalized spacial score (nSPS) is 18.7. The summed E-state index contributed by atoms with van der Waals surface area (Å²) in [6.07, 6.45) is 6.33. The van der Waals surface area contributed by atoms with Gasteiger partial charge in [-0.1, -0.05) is 6.08 Å². The number of carbonyl (C=O) groups is 1. The van der Waals surface area contributed by atoms with Crippen molar-refractivity contribution in [1.29, 1.82) is 0 Å². The third kappa shape index (κ3) is 3.03. The van der Waals surface area contributed by atoms with E-state index in [2.05, 4.69) is 16.0 Å². The zero-order valence-electron chi connectivity index (χ0n) is 14.2. The van der Waals surface area contributed by atoms with E-state index in [1.54, 1.807) is 13.3 Å². The molecule has 2 N–H and O–H groups in total. The third-order valence-electron chi connectivity index (χ3n) is 4.93. The third-order valence-corrected chi connectivity index (χ3v) is 4.93. The molecule has 2 heterocycles. The van der Waals surface area contributed by atoms with E-state index in [4.69, 9.17) is 15.2 Å². The minimum absolute atomic E-state index is 0.0309. The second-order valence-corrected chi connectivity index (χ2v) is 6.68. The number of carbonyl (C=O) groups excluding carboxylic acids is 1. The molecule has 6 nitrogen and oxygen atoms in total. The summed E-state index contributed by atoms with van der Waals surface area (Å²) >= 11 is 0. The summed E-state index contributed by atoms with van der Waals surface area (Å²) in [7, 11) is 1.61. The van der Waals surface area contributed by atoms with Crippen molar-refractivity contribution in [2.75, 3.05) is 20.3 Å². The highest BCUT2D eigenvalue weighted by Gasteiger charge is 2.45. The summed E-state index contributed by atoms with van der Waals surface area (Å²) in [5, 5.41) is 0. The molecule has 6 heteroatoms. The topological polar surface area (TPSA) is 87.3 Å². The summed E-state index contributed by atoms with van der Waals surface area (Å²) in [6, 6.07) is 3.91. The van der Waals surface area contributed by atoms with Gasteiger partial charge in [0.25, 0.3) is 0 Å². The van der Waals surface area contributed by atoms with Crippen LogP contribution in [0.15, 0.2) is 24.4 Å². The minimum atomic E-state index is -0.643. The Morgan fingerprint density at radius 1 is 1.36 bits per heavy atom. The number of nitrogens with zero attached hydrogens (tertiary/aromatic N) is 2. The van der Waals surface area contributed by atoms with Crippen LogP contribution in [-0.2, 0) is 16.0 Å². The number of nitrogens with two attached hydrogens (primary N) is 1. The molecular formula is C19H21N3O3. The number of hydrogen-bond donors (Lipinski definition) is 1. The quantitative estimate of drug-likeness (QED) is 0.897. The maximum Gasteiger partial charge on any atom is 0.158 e. The van der Waals surface area contributed by atoms with Crippen molar-refractivity contribution in [3.05, 3.63) is 35.7 Å². The van der Waals surface area contributed by atoms with E-state index >= 15 is 0 Å². The first-order valence-electron chi connectivity index (χ1n) is 8.53. The van der Waals surface area contributed by atoms with E-state index in [1.165, 1.54) is 5.57 Å². The molecule has 1 aromatic carbocycles. The predicted octanol–water partition coefficient (Wildman–Crippen LogP) is 2.04. The number of ketones is 1. The Morgan fingerprint density at radius 2 is 2.20 bits per heavy atom. The van der Waals surface area contributed by atoms with Crippen LogP contribution < -0.4 is 10.5 Å². The lowest BCUT2D eigenvalue weighted by molar-refractivity contribution is -0.120. The van der Waals surface area contributed by atoms with Crippen LogP contribution in [0, 0.1) is 0 Å². The summed E-state index contributed by atoms with van der Waals surface area (Å²) in [5.41, 5.74) is 9.69. The van der Waals surface area contributed by atoms with Gasteiger partial charge in [0.05, 0.1) is 43.5 Å². The number of benzene rings is 1. The molecule has 1 aromatic heterocycles. The number of fused-ring (bicyclic) bond motifs is 1. The Labute approximate surface area is 146 Å². The van der Waals surface area contributed by atoms with Crippen LogP contribution in [0.2, 0.25) is 0 Å². The van der Waals surface area contributed by atoms with E-state index in [0.717, 1.165) is 30.3 Å². The van der Waals surface area contributed by atoms with Gasteiger partial charge in [0.1, 0.15) is 11.3 Å². The first-order chi connectivity index (χ1) is 12.1. The molecule has 25 heavy (non-hydrogen) atoms. The van der Waals surface area contributed by atoms with Gasteiger partial charge < -0.3 is 15.2 Å². The molecule has 1 saturated carbocycles. The lowest BCUT2D eigenvalue weighted by atomic mass is 9.99. The van der Waals surface area contributed by atoms with Crippen molar-refractivity contribution < 1.29 is 14.3 Å². The zero-order chi connectivity index (χ0) is 17.4. The predicted molar refractivity (Wildman–Crippen MR) is 94.4 cm³/mol. The lowest BCUT2D eigenvalue weighted by Crippen LogP contribution is -2.34. The Bertz CT molecular complexity index is 872. The van der Waals surface area contributed by atoms with E-state index in [1.807, 2.05) is 12.1 Å². The molecule has 0 bridgehead atoms. The molecule has 0 atom stereocenters. The molecule has 0 saturated heterocycles. The lowest BCUT2D eigenvalue weighted by Gasteiger charge is -2.16. The summed E-state index contributed by atoms with van der Waals surface area (Å²) in [5.74, 6) is 0.686. The van der Waals surface area contributed by atoms with Crippen LogP contribution in [0.5, 0.6) is 5.75 Å². The highest BCUT2D eigenvalue weighted by Crippen LogP contribution is 2.35. The molecular weight excluding hydrogens is 318 g/mol. The molecule has 2 aromatic rings. The van der Waals surface area contributed by atoms with Crippen LogP contribution in [0.25, 0.3) is 16.6 Å². The van der Waals surface area contributed by atoms with Gasteiger partial charge in [-0.2, -0.15) is 0 Å². The average Bonchev–Trinajstić information content (AvgIpc) is 3.40. The number of rotatable bonds is 5. The highest BCUT2D eigenvalue weighted by atomic mass is 16.5. The van der Waals surface area contributed by atoms with E-state index < -0.39 is 5.54 Å². The fourth-order valence-corrected chi connectivity index (χ4v) is 3.15. The monoisotopic (exact) mass is 339 g/mol. The molecule has 0 unspecified atom stereocenters. The first-order valence-corrected chi connectivity index (χ1v) is 8.53. The summed E-state index contributed by atoms with van der Waals surface area (Å²) < 4.78 is 10.8. The van der Waals surface area contributed by atoms with Crippen LogP contribution in [-0.4, -0.2) is 41.6 Å². The molecule has 0 radical (unpaired) electrons. The van der Waals surface area contributed by atoms with Crippen molar-refractivity contribution in [2.24, 2.45) is 5.73 Å². The fourth-order valence-electron chi connectivity index (χ4n) is 3.15. The number of Topliss-reactive ketones (excluding diaryl/α,β-unsaturated/α-hetero) is 1. The number of methoxy groups -OCH3 is 1. The van der Waals surface area contributed by atoms with Gasteiger partial charge in [-0.05, 0) is 37.0 Å². The molecule has 1 aliphatic carbocycles. The fraction of sp³-hybridized carbons (Fsp3) is 0.421. The van der Waals surface area contributed by atoms with E-state index in [9.17, 15) is 4.79 Å². The Balaban J connectivity index is 1.75. The molecule has 130 valence electrons. The van der Waals surface area contributed by atoms with Gasteiger partial charge in [0, 0.05) is 11.8 Å². The Hall–Kier alpha value is -2.31. The zero-order valence-corrected chi connectivity index (χ0v) is 14.2. The van der Waals surface area contributed by atoms with Crippen LogP contribution in [0.4, 0.5) is 0 Å². The SMILES string of the molecule is COc1ccc(C2=CCOCC2)c2ncc(CC(=O)C3(N)CC3)nc12. The second kappa shape index (κ2) is 6.20. The summed E-state index contributed by atoms with van der Waals surface area (Å²) in [4.78, 5) is 21.5. The van der Waals surface area contributed by atoms with Crippen LogP contribution in [0.3, 0.4) is 0 Å². The van der Waals surface area contributed by atoms with Crippen molar-refractivity contribution in [3.8, 4) is 5.75 Å². The number of hydrogen-bond acceptors (Lipinski definition) is 6. The molecule has 2 aliphatic rings. The minimum Gasteiger partial charge on any atom is -0.494 e. The number of ether oxygens (including phenoxy) is 2. The van der Waals surface area contributed by atoms with Gasteiger partial charge in [-0.25, -0.2) is 4.98 Å². The van der Waals surface area contributed by atoms with Crippen molar-refractivity contribution in [2.45, 2.75) is 31.2 Å². The van der Waals surface area contributed by atoms with Gasteiger partial charge >= 0.3 is 0 Å². The Kier molecular flexibility index (Phi) is 4.01. The van der Waals surface area contributed by atoms with Gasteiger partial charge in [0.2, 0.25) is 0 Å². The largest absolute Gasteiger partial charge is 0.494 e. The maximum atomic E-state index is 12.3. The van der Waals surface area contributed by atoms with Crippen molar-refractivity contribution >= 4 is 22.4 Å². The Morgan fingerprint density at radius 3 is 2.88 bits per heavy atom. The van der Waals surface area contributed by atoms with Crippen molar-refractivity contribution in [3.63, 3.8) is 0 Å². The maximum absolute atomic E-state index is 12.3. The molecule has 0 amide bonds. The first kappa shape index (κ1) is 16.2. The van der Waals surface area contributed by atoms with Gasteiger partial charge in [0.15, 0.2) is 5.78 Å². The van der Waals surface area contributed by atoms with Gasteiger partial charge in [-0.3, -0.25) is 9.78 Å². The number of aromatic nitrogens is 2. The van der Waals surface area contributed by atoms with Gasteiger partial charge in [-0.15, -0.1) is 0 Å². The second-order valence-electron chi connectivity index (χ2n) is 6.68. The van der Waals surface area contributed by atoms with E-state index in [-0.39, 0.29) is 12.2 Å². The average molecular weight is 339 g/mol.